The summed E-state index contributed by atoms with van der Waals surface area (Å²) in [5.74, 6) is -0.238. The zero-order valence-electron chi connectivity index (χ0n) is 14.8. The molecule has 0 fully saturated rings. The number of amides is 1. The summed E-state index contributed by atoms with van der Waals surface area (Å²) >= 11 is 0. The minimum absolute atomic E-state index is 0.0850. The standard InChI is InChI=1S/C22H20N2O3/c25-22(19-12-7-15-21(17-19)24(26)27)23(20-13-5-2-6-14-20)16-8-11-18-9-3-1-4-10-18/h1-7,9-10,12-15,17H,8,11,16H2. The predicted molar refractivity (Wildman–Crippen MR) is 106 cm³/mol. The van der Waals surface area contributed by atoms with Gasteiger partial charge in [0, 0.05) is 29.9 Å². The second-order valence-corrected chi connectivity index (χ2v) is 6.19. The van der Waals surface area contributed by atoms with Crippen LogP contribution in [0.15, 0.2) is 84.9 Å². The van der Waals surface area contributed by atoms with E-state index < -0.39 is 4.92 Å². The predicted octanol–water partition coefficient (Wildman–Crippen LogP) is 4.87. The summed E-state index contributed by atoms with van der Waals surface area (Å²) in [4.78, 5) is 25.3. The summed E-state index contributed by atoms with van der Waals surface area (Å²) in [5.41, 5.74) is 2.22. The Kier molecular flexibility index (Phi) is 5.94. The third-order valence-corrected chi connectivity index (χ3v) is 4.31. The van der Waals surface area contributed by atoms with Crippen LogP contribution in [0.5, 0.6) is 0 Å². The van der Waals surface area contributed by atoms with Gasteiger partial charge in [-0.1, -0.05) is 54.6 Å². The largest absolute Gasteiger partial charge is 0.308 e. The van der Waals surface area contributed by atoms with Gasteiger partial charge < -0.3 is 4.90 Å². The lowest BCUT2D eigenvalue weighted by Crippen LogP contribution is -2.32. The Labute approximate surface area is 158 Å². The molecule has 0 aliphatic heterocycles. The first-order valence-corrected chi connectivity index (χ1v) is 8.80. The van der Waals surface area contributed by atoms with Gasteiger partial charge in [-0.25, -0.2) is 0 Å². The molecule has 0 heterocycles. The number of aryl methyl sites for hydroxylation is 1. The van der Waals surface area contributed by atoms with Gasteiger partial charge in [0.05, 0.1) is 4.92 Å². The van der Waals surface area contributed by atoms with E-state index in [9.17, 15) is 14.9 Å². The van der Waals surface area contributed by atoms with Crippen molar-refractivity contribution in [1.29, 1.82) is 0 Å². The number of nitro benzene ring substituents is 1. The fourth-order valence-electron chi connectivity index (χ4n) is 2.95. The molecule has 0 aromatic heterocycles. The molecule has 5 nitrogen and oxygen atoms in total. The molecule has 0 aliphatic carbocycles. The van der Waals surface area contributed by atoms with Gasteiger partial charge >= 0.3 is 0 Å². The molecule has 0 bridgehead atoms. The van der Waals surface area contributed by atoms with Crippen LogP contribution in [-0.4, -0.2) is 17.4 Å². The number of hydrogen-bond donors (Lipinski definition) is 0. The first-order chi connectivity index (χ1) is 13.1. The van der Waals surface area contributed by atoms with Crippen molar-refractivity contribution < 1.29 is 9.72 Å². The molecule has 0 atom stereocenters. The summed E-state index contributed by atoms with van der Waals surface area (Å²) < 4.78 is 0. The fourth-order valence-corrected chi connectivity index (χ4v) is 2.95. The Hall–Kier alpha value is -3.47. The molecular formula is C22H20N2O3. The second kappa shape index (κ2) is 8.76. The van der Waals surface area contributed by atoms with E-state index >= 15 is 0 Å². The number of benzene rings is 3. The van der Waals surface area contributed by atoms with Crippen molar-refractivity contribution >= 4 is 17.3 Å². The number of non-ortho nitro benzene ring substituents is 1. The topological polar surface area (TPSA) is 63.4 Å². The second-order valence-electron chi connectivity index (χ2n) is 6.19. The minimum Gasteiger partial charge on any atom is -0.308 e. The molecule has 0 saturated heterocycles. The van der Waals surface area contributed by atoms with E-state index in [1.165, 1.54) is 17.7 Å². The molecule has 136 valence electrons. The van der Waals surface area contributed by atoms with Crippen molar-refractivity contribution in [3.8, 4) is 0 Å². The van der Waals surface area contributed by atoms with Gasteiger partial charge in [0.15, 0.2) is 0 Å². The minimum atomic E-state index is -0.487. The molecular weight excluding hydrogens is 340 g/mol. The lowest BCUT2D eigenvalue weighted by molar-refractivity contribution is -0.384. The van der Waals surface area contributed by atoms with Gasteiger partial charge in [-0.3, -0.25) is 14.9 Å². The van der Waals surface area contributed by atoms with Crippen LogP contribution in [-0.2, 0) is 6.42 Å². The number of carbonyl (C=O) groups is 1. The van der Waals surface area contributed by atoms with E-state index in [0.29, 0.717) is 12.1 Å². The Bertz CT molecular complexity index is 911. The van der Waals surface area contributed by atoms with Crippen molar-refractivity contribution in [2.24, 2.45) is 0 Å². The number of nitrogens with zero attached hydrogens (tertiary/aromatic N) is 2. The van der Waals surface area contributed by atoms with E-state index in [4.69, 9.17) is 0 Å². The molecule has 0 aliphatic rings. The number of anilines is 1. The average molecular weight is 360 g/mol. The maximum absolute atomic E-state index is 13.1. The summed E-state index contributed by atoms with van der Waals surface area (Å²) in [7, 11) is 0. The molecule has 5 heteroatoms. The average Bonchev–Trinajstić information content (AvgIpc) is 2.72. The van der Waals surface area contributed by atoms with E-state index in [2.05, 4.69) is 12.1 Å². The van der Waals surface area contributed by atoms with Gasteiger partial charge in [0.25, 0.3) is 11.6 Å². The van der Waals surface area contributed by atoms with Crippen LogP contribution < -0.4 is 4.90 Å². The Morgan fingerprint density at radius 3 is 2.22 bits per heavy atom. The molecule has 3 aromatic carbocycles. The van der Waals surface area contributed by atoms with Crippen molar-refractivity contribution in [3.63, 3.8) is 0 Å². The zero-order chi connectivity index (χ0) is 19.1. The van der Waals surface area contributed by atoms with Crippen LogP contribution >= 0.6 is 0 Å². The number of nitro groups is 1. The van der Waals surface area contributed by atoms with Gasteiger partial charge in [-0.05, 0) is 36.6 Å². The maximum atomic E-state index is 13.1. The third-order valence-electron chi connectivity index (χ3n) is 4.31. The smallest absolute Gasteiger partial charge is 0.270 e. The van der Waals surface area contributed by atoms with Crippen molar-refractivity contribution in [2.75, 3.05) is 11.4 Å². The van der Waals surface area contributed by atoms with E-state index in [0.717, 1.165) is 18.5 Å². The molecule has 3 aromatic rings. The number of hydrogen-bond acceptors (Lipinski definition) is 3. The summed E-state index contributed by atoms with van der Waals surface area (Å²) in [6.45, 7) is 0.528. The lowest BCUT2D eigenvalue weighted by atomic mass is 10.1. The Balaban J connectivity index is 1.80. The van der Waals surface area contributed by atoms with Crippen molar-refractivity contribution in [2.45, 2.75) is 12.8 Å². The highest BCUT2D eigenvalue weighted by atomic mass is 16.6. The molecule has 1 amide bonds. The van der Waals surface area contributed by atoms with Crippen LogP contribution in [0.2, 0.25) is 0 Å². The number of carbonyl (C=O) groups excluding carboxylic acids is 1. The van der Waals surface area contributed by atoms with Crippen LogP contribution in [0.1, 0.15) is 22.3 Å². The summed E-state index contributed by atoms with van der Waals surface area (Å²) in [6.07, 6.45) is 1.64. The number of para-hydroxylation sites is 1. The molecule has 0 spiro atoms. The van der Waals surface area contributed by atoms with E-state index in [-0.39, 0.29) is 11.6 Å². The SMILES string of the molecule is O=C(c1cccc([N+](=O)[O-])c1)N(CCCc1ccccc1)c1ccccc1. The van der Waals surface area contributed by atoms with Crippen molar-refractivity contribution in [1.82, 2.24) is 0 Å². The fraction of sp³-hybridized carbons (Fsp3) is 0.136. The van der Waals surface area contributed by atoms with Crippen LogP contribution in [0.4, 0.5) is 11.4 Å². The van der Waals surface area contributed by atoms with E-state index in [1.807, 2.05) is 48.5 Å². The zero-order valence-corrected chi connectivity index (χ0v) is 14.8. The van der Waals surface area contributed by atoms with Gasteiger partial charge in [0.1, 0.15) is 0 Å². The van der Waals surface area contributed by atoms with Crippen molar-refractivity contribution in [3.05, 3.63) is 106 Å². The molecule has 0 radical (unpaired) electrons. The quantitative estimate of drug-likeness (QED) is 0.446. The molecule has 27 heavy (non-hydrogen) atoms. The first-order valence-electron chi connectivity index (χ1n) is 8.80. The normalized spacial score (nSPS) is 10.4. The van der Waals surface area contributed by atoms with Gasteiger partial charge in [0.2, 0.25) is 0 Å². The summed E-state index contributed by atoms with van der Waals surface area (Å²) in [6, 6.07) is 25.4. The van der Waals surface area contributed by atoms with Crippen LogP contribution in [0, 0.1) is 10.1 Å². The highest BCUT2D eigenvalue weighted by molar-refractivity contribution is 6.06. The number of rotatable bonds is 7. The van der Waals surface area contributed by atoms with Crippen LogP contribution in [0.25, 0.3) is 0 Å². The highest BCUT2D eigenvalue weighted by Crippen LogP contribution is 2.20. The first kappa shape index (κ1) is 18.3. The van der Waals surface area contributed by atoms with Gasteiger partial charge in [-0.2, -0.15) is 0 Å². The van der Waals surface area contributed by atoms with Gasteiger partial charge in [-0.15, -0.1) is 0 Å². The Morgan fingerprint density at radius 2 is 1.56 bits per heavy atom. The molecule has 3 rings (SSSR count). The van der Waals surface area contributed by atoms with Crippen LogP contribution in [0.3, 0.4) is 0 Å². The third kappa shape index (κ3) is 4.79. The monoisotopic (exact) mass is 360 g/mol. The molecule has 0 saturated carbocycles. The van der Waals surface area contributed by atoms with E-state index in [1.54, 1.807) is 17.0 Å². The molecule has 0 N–H and O–H groups in total. The highest BCUT2D eigenvalue weighted by Gasteiger charge is 2.19. The summed E-state index contributed by atoms with van der Waals surface area (Å²) in [5, 5.41) is 11.0. The maximum Gasteiger partial charge on any atom is 0.270 e. The lowest BCUT2D eigenvalue weighted by Gasteiger charge is -2.23. The molecule has 0 unspecified atom stereocenters. The Morgan fingerprint density at radius 1 is 0.889 bits per heavy atom.